The largest absolute Gasteiger partial charge is 0.319 e. The third kappa shape index (κ3) is 2.13. The first kappa shape index (κ1) is 10.8. The minimum absolute atomic E-state index is 0.153. The second-order valence-corrected chi connectivity index (χ2v) is 5.74. The molecule has 0 unspecified atom stereocenters. The average Bonchev–Trinajstić information content (AvgIpc) is 2.65. The van der Waals surface area contributed by atoms with Crippen LogP contribution < -0.4 is 5.73 Å². The van der Waals surface area contributed by atoms with E-state index in [9.17, 15) is 4.79 Å². The van der Waals surface area contributed by atoms with Gasteiger partial charge in [0.15, 0.2) is 5.78 Å². The maximum absolute atomic E-state index is 12.2. The summed E-state index contributed by atoms with van der Waals surface area (Å²) >= 11 is 1.56. The standard InChI is InChI=1S/C12H17NOS/c1-9-5-6-10(15-9)11(14)12(13)7-3-2-4-8-12/h5-6H,2-4,7-8,13H2,1H3. The van der Waals surface area contributed by atoms with Gasteiger partial charge in [0.05, 0.1) is 10.4 Å². The number of carbonyl (C=O) groups is 1. The van der Waals surface area contributed by atoms with Crippen molar-refractivity contribution in [3.8, 4) is 0 Å². The van der Waals surface area contributed by atoms with Gasteiger partial charge in [-0.15, -0.1) is 11.3 Å². The monoisotopic (exact) mass is 223 g/mol. The molecular weight excluding hydrogens is 206 g/mol. The molecule has 82 valence electrons. The smallest absolute Gasteiger partial charge is 0.192 e. The number of hydrogen-bond donors (Lipinski definition) is 1. The van der Waals surface area contributed by atoms with E-state index in [1.54, 1.807) is 11.3 Å². The Morgan fingerprint density at radius 2 is 2.00 bits per heavy atom. The van der Waals surface area contributed by atoms with Gasteiger partial charge in [0.2, 0.25) is 0 Å². The van der Waals surface area contributed by atoms with Crippen molar-refractivity contribution in [2.24, 2.45) is 5.73 Å². The molecule has 2 rings (SSSR count). The number of thiophene rings is 1. The third-order valence-electron chi connectivity index (χ3n) is 3.16. The molecule has 1 saturated carbocycles. The van der Waals surface area contributed by atoms with Crippen LogP contribution in [0.1, 0.15) is 46.7 Å². The zero-order valence-electron chi connectivity index (χ0n) is 9.08. The topological polar surface area (TPSA) is 43.1 Å². The van der Waals surface area contributed by atoms with Crippen molar-refractivity contribution in [2.75, 3.05) is 0 Å². The number of aryl methyl sites for hydroxylation is 1. The summed E-state index contributed by atoms with van der Waals surface area (Å²) in [7, 11) is 0. The van der Waals surface area contributed by atoms with E-state index in [2.05, 4.69) is 0 Å². The second kappa shape index (κ2) is 4.06. The van der Waals surface area contributed by atoms with E-state index < -0.39 is 5.54 Å². The first-order valence-electron chi connectivity index (χ1n) is 5.52. The van der Waals surface area contributed by atoms with Crippen molar-refractivity contribution < 1.29 is 4.79 Å². The molecule has 2 nitrogen and oxygen atoms in total. The van der Waals surface area contributed by atoms with Crippen LogP contribution in [0.4, 0.5) is 0 Å². The molecule has 1 aromatic rings. The van der Waals surface area contributed by atoms with E-state index in [-0.39, 0.29) is 5.78 Å². The molecule has 15 heavy (non-hydrogen) atoms. The number of carbonyl (C=O) groups excluding carboxylic acids is 1. The van der Waals surface area contributed by atoms with Crippen LogP contribution in [0.15, 0.2) is 12.1 Å². The molecule has 0 saturated heterocycles. The van der Waals surface area contributed by atoms with Crippen molar-refractivity contribution in [3.63, 3.8) is 0 Å². The van der Waals surface area contributed by atoms with Crippen LogP contribution in [-0.4, -0.2) is 11.3 Å². The van der Waals surface area contributed by atoms with E-state index in [1.807, 2.05) is 19.1 Å². The Morgan fingerprint density at radius 3 is 2.53 bits per heavy atom. The van der Waals surface area contributed by atoms with Gasteiger partial charge in [-0.05, 0) is 31.9 Å². The van der Waals surface area contributed by atoms with Gasteiger partial charge in [-0.3, -0.25) is 4.79 Å². The van der Waals surface area contributed by atoms with Crippen molar-refractivity contribution >= 4 is 17.1 Å². The lowest BCUT2D eigenvalue weighted by Gasteiger charge is -2.31. The number of hydrogen-bond acceptors (Lipinski definition) is 3. The molecule has 0 radical (unpaired) electrons. The number of ketones is 1. The quantitative estimate of drug-likeness (QED) is 0.783. The Kier molecular flexibility index (Phi) is 2.94. The summed E-state index contributed by atoms with van der Waals surface area (Å²) in [6.45, 7) is 2.02. The number of Topliss-reactive ketones (excluding diaryl/α,β-unsaturated/α-hetero) is 1. The second-order valence-electron chi connectivity index (χ2n) is 4.46. The molecule has 3 heteroatoms. The maximum atomic E-state index is 12.2. The van der Waals surface area contributed by atoms with Gasteiger partial charge < -0.3 is 5.73 Å². The van der Waals surface area contributed by atoms with E-state index in [4.69, 9.17) is 5.73 Å². The van der Waals surface area contributed by atoms with Crippen LogP contribution in [0, 0.1) is 6.92 Å². The van der Waals surface area contributed by atoms with E-state index in [0.717, 1.165) is 30.6 Å². The average molecular weight is 223 g/mol. The maximum Gasteiger partial charge on any atom is 0.192 e. The van der Waals surface area contributed by atoms with Crippen LogP contribution in [0.2, 0.25) is 0 Å². The normalized spacial score (nSPS) is 20.1. The Bertz CT molecular complexity index is 363. The molecule has 0 amide bonds. The molecule has 1 fully saturated rings. The van der Waals surface area contributed by atoms with E-state index >= 15 is 0 Å². The third-order valence-corrected chi connectivity index (χ3v) is 4.16. The summed E-state index contributed by atoms with van der Waals surface area (Å²) in [5.41, 5.74) is 5.63. The Balaban J connectivity index is 2.19. The fraction of sp³-hybridized carbons (Fsp3) is 0.583. The van der Waals surface area contributed by atoms with Crippen LogP contribution in [0.5, 0.6) is 0 Å². The van der Waals surface area contributed by atoms with Gasteiger partial charge in [-0.25, -0.2) is 0 Å². The molecule has 1 aromatic heterocycles. The summed E-state index contributed by atoms with van der Waals surface area (Å²) in [5.74, 6) is 0.153. The summed E-state index contributed by atoms with van der Waals surface area (Å²) < 4.78 is 0. The molecule has 0 aliphatic heterocycles. The van der Waals surface area contributed by atoms with Crippen molar-refractivity contribution in [1.82, 2.24) is 0 Å². The van der Waals surface area contributed by atoms with Gasteiger partial charge >= 0.3 is 0 Å². The van der Waals surface area contributed by atoms with Gasteiger partial charge in [0.1, 0.15) is 0 Å². The Hall–Kier alpha value is -0.670. The van der Waals surface area contributed by atoms with Crippen LogP contribution in [-0.2, 0) is 0 Å². The predicted molar refractivity (Wildman–Crippen MR) is 63.4 cm³/mol. The van der Waals surface area contributed by atoms with Crippen LogP contribution in [0.25, 0.3) is 0 Å². The van der Waals surface area contributed by atoms with Crippen LogP contribution >= 0.6 is 11.3 Å². The van der Waals surface area contributed by atoms with Crippen molar-refractivity contribution in [1.29, 1.82) is 0 Å². The number of rotatable bonds is 2. The zero-order valence-corrected chi connectivity index (χ0v) is 9.90. The molecular formula is C12H17NOS. The molecule has 0 atom stereocenters. The lowest BCUT2D eigenvalue weighted by molar-refractivity contribution is 0.0852. The molecule has 0 aromatic carbocycles. The lowest BCUT2D eigenvalue weighted by atomic mass is 9.79. The molecule has 0 spiro atoms. The van der Waals surface area contributed by atoms with Crippen molar-refractivity contribution in [2.45, 2.75) is 44.6 Å². The molecule has 0 bridgehead atoms. The van der Waals surface area contributed by atoms with Crippen LogP contribution in [0.3, 0.4) is 0 Å². The zero-order chi connectivity index (χ0) is 10.9. The molecule has 1 aliphatic rings. The first-order chi connectivity index (χ1) is 7.12. The lowest BCUT2D eigenvalue weighted by Crippen LogP contribution is -2.49. The minimum atomic E-state index is -0.574. The highest BCUT2D eigenvalue weighted by Gasteiger charge is 2.36. The predicted octanol–water partition coefficient (Wildman–Crippen LogP) is 2.90. The van der Waals surface area contributed by atoms with Gasteiger partial charge in [0.25, 0.3) is 0 Å². The van der Waals surface area contributed by atoms with E-state index in [1.165, 1.54) is 11.3 Å². The Labute approximate surface area is 94.5 Å². The first-order valence-corrected chi connectivity index (χ1v) is 6.34. The molecule has 2 N–H and O–H groups in total. The van der Waals surface area contributed by atoms with E-state index in [0.29, 0.717) is 0 Å². The summed E-state index contributed by atoms with van der Waals surface area (Å²) in [4.78, 5) is 14.2. The summed E-state index contributed by atoms with van der Waals surface area (Å²) in [6.07, 6.45) is 5.10. The minimum Gasteiger partial charge on any atom is -0.319 e. The van der Waals surface area contributed by atoms with Gasteiger partial charge in [-0.1, -0.05) is 19.3 Å². The highest BCUT2D eigenvalue weighted by atomic mass is 32.1. The number of nitrogens with two attached hydrogens (primary N) is 1. The summed E-state index contributed by atoms with van der Waals surface area (Å²) in [5, 5.41) is 0. The Morgan fingerprint density at radius 1 is 1.33 bits per heavy atom. The molecule has 1 heterocycles. The fourth-order valence-electron chi connectivity index (χ4n) is 2.21. The van der Waals surface area contributed by atoms with Gasteiger partial charge in [-0.2, -0.15) is 0 Å². The highest BCUT2D eigenvalue weighted by Crippen LogP contribution is 2.31. The highest BCUT2D eigenvalue weighted by molar-refractivity contribution is 7.14. The fourth-order valence-corrected chi connectivity index (χ4v) is 3.13. The SMILES string of the molecule is Cc1ccc(C(=O)C2(N)CCCCC2)s1. The van der Waals surface area contributed by atoms with Gasteiger partial charge in [0, 0.05) is 4.88 Å². The summed E-state index contributed by atoms with van der Waals surface area (Å²) in [6, 6.07) is 3.90. The van der Waals surface area contributed by atoms with Crippen molar-refractivity contribution in [3.05, 3.63) is 21.9 Å². The molecule has 1 aliphatic carbocycles.